The lowest BCUT2D eigenvalue weighted by molar-refractivity contribution is -0.140. The molecule has 1 aliphatic rings. The van der Waals surface area contributed by atoms with Gasteiger partial charge in [0.2, 0.25) is 0 Å². The van der Waals surface area contributed by atoms with Crippen molar-refractivity contribution in [2.24, 2.45) is 0 Å². The van der Waals surface area contributed by atoms with Crippen LogP contribution in [-0.4, -0.2) is 33.3 Å². The molecule has 3 heterocycles. The number of ketones is 1. The highest BCUT2D eigenvalue weighted by Crippen LogP contribution is 2.41. The molecule has 0 radical (unpaired) electrons. The number of unbranched alkanes of at least 4 members (excludes halogenated alkanes) is 1. The molecular formula is C26H26N2O5. The number of amides is 1. The van der Waals surface area contributed by atoms with Gasteiger partial charge in [0.05, 0.1) is 12.2 Å². The minimum Gasteiger partial charge on any atom is -0.507 e. The Kier molecular flexibility index (Phi) is 6.58. The second kappa shape index (κ2) is 9.73. The maximum absolute atomic E-state index is 13.1. The first kappa shape index (κ1) is 22.3. The molecule has 33 heavy (non-hydrogen) atoms. The fourth-order valence-electron chi connectivity index (χ4n) is 3.85. The molecule has 4 rings (SSSR count). The molecule has 1 fully saturated rings. The normalized spacial score (nSPS) is 17.5. The lowest BCUT2D eigenvalue weighted by atomic mass is 9.99. The van der Waals surface area contributed by atoms with E-state index in [-0.39, 0.29) is 17.9 Å². The molecule has 2 aromatic heterocycles. The number of aliphatic hydroxyl groups is 1. The molecule has 1 saturated heterocycles. The van der Waals surface area contributed by atoms with Crippen molar-refractivity contribution in [3.05, 3.63) is 89.1 Å². The molecule has 1 amide bonds. The predicted octanol–water partition coefficient (Wildman–Crippen LogP) is 4.78. The molecule has 0 bridgehead atoms. The number of Topliss-reactive ketones (excluding diaryl/α,β-unsaturated/α-hetero) is 1. The summed E-state index contributed by atoms with van der Waals surface area (Å²) in [5.41, 5.74) is 1.21. The summed E-state index contributed by atoms with van der Waals surface area (Å²) in [6, 6.07) is 13.1. The Bertz CT molecular complexity index is 1180. The number of aryl methyl sites for hydroxylation is 1. The average molecular weight is 447 g/mol. The van der Waals surface area contributed by atoms with Gasteiger partial charge >= 0.3 is 0 Å². The Hall–Kier alpha value is -3.87. The molecule has 1 aromatic carbocycles. The number of aromatic nitrogens is 1. The van der Waals surface area contributed by atoms with E-state index in [1.807, 2.05) is 0 Å². The van der Waals surface area contributed by atoms with E-state index in [1.165, 1.54) is 4.90 Å². The quantitative estimate of drug-likeness (QED) is 0.232. The van der Waals surface area contributed by atoms with Crippen molar-refractivity contribution in [3.63, 3.8) is 0 Å². The first-order valence-corrected chi connectivity index (χ1v) is 11.0. The van der Waals surface area contributed by atoms with Crippen LogP contribution in [0.2, 0.25) is 0 Å². The van der Waals surface area contributed by atoms with Crippen LogP contribution in [-0.2, 0) is 16.1 Å². The van der Waals surface area contributed by atoms with E-state index < -0.39 is 17.7 Å². The van der Waals surface area contributed by atoms with Crippen LogP contribution in [0.15, 0.2) is 70.9 Å². The third-order valence-corrected chi connectivity index (χ3v) is 5.55. The van der Waals surface area contributed by atoms with E-state index in [0.717, 1.165) is 18.4 Å². The van der Waals surface area contributed by atoms with E-state index in [9.17, 15) is 14.7 Å². The van der Waals surface area contributed by atoms with E-state index in [4.69, 9.17) is 9.15 Å². The van der Waals surface area contributed by atoms with Crippen molar-refractivity contribution in [2.75, 3.05) is 6.61 Å². The number of rotatable bonds is 8. The zero-order valence-corrected chi connectivity index (χ0v) is 18.7. The van der Waals surface area contributed by atoms with Crippen LogP contribution in [0.25, 0.3) is 5.76 Å². The Balaban J connectivity index is 1.76. The molecule has 3 aromatic rings. The van der Waals surface area contributed by atoms with E-state index in [0.29, 0.717) is 29.4 Å². The van der Waals surface area contributed by atoms with E-state index >= 15 is 0 Å². The summed E-state index contributed by atoms with van der Waals surface area (Å²) in [5, 5.41) is 11.2. The van der Waals surface area contributed by atoms with Crippen LogP contribution in [0.4, 0.5) is 0 Å². The number of furan rings is 1. The topological polar surface area (TPSA) is 92.9 Å². The molecule has 7 nitrogen and oxygen atoms in total. The molecular weight excluding hydrogens is 420 g/mol. The van der Waals surface area contributed by atoms with Crippen molar-refractivity contribution in [2.45, 2.75) is 39.3 Å². The van der Waals surface area contributed by atoms with Gasteiger partial charge in [0.25, 0.3) is 11.7 Å². The average Bonchev–Trinajstić information content (AvgIpc) is 3.36. The second-order valence-electron chi connectivity index (χ2n) is 7.96. The summed E-state index contributed by atoms with van der Waals surface area (Å²) >= 11 is 0. The van der Waals surface area contributed by atoms with Crippen LogP contribution in [0.1, 0.15) is 48.5 Å². The third kappa shape index (κ3) is 4.67. The van der Waals surface area contributed by atoms with Crippen molar-refractivity contribution in [1.82, 2.24) is 9.88 Å². The lowest BCUT2D eigenvalue weighted by Gasteiger charge is -2.23. The highest BCUT2D eigenvalue weighted by molar-refractivity contribution is 6.46. The number of benzene rings is 1. The van der Waals surface area contributed by atoms with Crippen molar-refractivity contribution in [3.8, 4) is 5.75 Å². The maximum atomic E-state index is 13.1. The van der Waals surface area contributed by atoms with Gasteiger partial charge in [-0.3, -0.25) is 14.6 Å². The predicted molar refractivity (Wildman–Crippen MR) is 122 cm³/mol. The summed E-state index contributed by atoms with van der Waals surface area (Å²) in [6.45, 7) is 4.60. The summed E-state index contributed by atoms with van der Waals surface area (Å²) in [7, 11) is 0. The van der Waals surface area contributed by atoms with Crippen molar-refractivity contribution in [1.29, 1.82) is 0 Å². The van der Waals surface area contributed by atoms with E-state index in [2.05, 4.69) is 11.9 Å². The van der Waals surface area contributed by atoms with E-state index in [1.54, 1.807) is 67.8 Å². The molecule has 1 atom stereocenters. The fraction of sp³-hybridized carbons (Fsp3) is 0.269. The first-order valence-electron chi connectivity index (χ1n) is 11.0. The van der Waals surface area contributed by atoms with Gasteiger partial charge < -0.3 is 19.2 Å². The summed E-state index contributed by atoms with van der Waals surface area (Å²) in [5.74, 6) is -0.0568. The minimum absolute atomic E-state index is 0.00545. The zero-order chi connectivity index (χ0) is 23.4. The van der Waals surface area contributed by atoms with Gasteiger partial charge in [-0.25, -0.2) is 0 Å². The third-order valence-electron chi connectivity index (χ3n) is 5.55. The summed E-state index contributed by atoms with van der Waals surface area (Å²) < 4.78 is 11.6. The lowest BCUT2D eigenvalue weighted by Crippen LogP contribution is -2.29. The number of hydrogen-bond donors (Lipinski definition) is 1. The Morgan fingerprint density at radius 3 is 2.64 bits per heavy atom. The standard InChI is InChI=1S/C26H26N2O5/c1-3-4-14-32-20-7-5-6-19(15-20)24(29)22-23(21-9-8-17(2)33-21)28(26(31)25(22)30)16-18-10-12-27-13-11-18/h5-13,15,23,29H,3-4,14,16H2,1-2H3. The van der Waals surface area contributed by atoms with Gasteiger partial charge in [0.15, 0.2) is 0 Å². The van der Waals surface area contributed by atoms with Gasteiger partial charge in [-0.1, -0.05) is 25.5 Å². The Labute approximate surface area is 192 Å². The molecule has 0 spiro atoms. The number of hydrogen-bond acceptors (Lipinski definition) is 6. The molecule has 170 valence electrons. The Morgan fingerprint density at radius 1 is 1.15 bits per heavy atom. The minimum atomic E-state index is -0.850. The molecule has 0 saturated carbocycles. The SMILES string of the molecule is CCCCOc1cccc(C(O)=C2C(=O)C(=O)N(Cc3ccncc3)C2c2ccc(C)o2)c1. The highest BCUT2D eigenvalue weighted by atomic mass is 16.5. The number of ether oxygens (including phenoxy) is 1. The van der Waals surface area contributed by atoms with Gasteiger partial charge in [0, 0.05) is 24.5 Å². The molecule has 1 unspecified atom stereocenters. The number of nitrogens with zero attached hydrogens (tertiary/aromatic N) is 2. The van der Waals surface area contributed by atoms with Gasteiger partial charge in [-0.2, -0.15) is 0 Å². The van der Waals surface area contributed by atoms with Crippen LogP contribution >= 0.6 is 0 Å². The van der Waals surface area contributed by atoms with Crippen LogP contribution in [0.3, 0.4) is 0 Å². The largest absolute Gasteiger partial charge is 0.507 e. The summed E-state index contributed by atoms with van der Waals surface area (Å²) in [6.07, 6.45) is 5.17. The molecule has 0 aliphatic carbocycles. The van der Waals surface area contributed by atoms with Gasteiger partial charge in [-0.05, 0) is 55.3 Å². The molecule has 7 heteroatoms. The highest BCUT2D eigenvalue weighted by Gasteiger charge is 2.47. The monoisotopic (exact) mass is 446 g/mol. The van der Waals surface area contributed by atoms with Crippen molar-refractivity contribution < 1.29 is 23.8 Å². The number of aliphatic hydroxyl groups excluding tert-OH is 1. The number of pyridine rings is 1. The second-order valence-corrected chi connectivity index (χ2v) is 7.96. The first-order chi connectivity index (χ1) is 16.0. The smallest absolute Gasteiger partial charge is 0.296 e. The van der Waals surface area contributed by atoms with Gasteiger partial charge in [-0.15, -0.1) is 0 Å². The van der Waals surface area contributed by atoms with Crippen LogP contribution in [0, 0.1) is 6.92 Å². The zero-order valence-electron chi connectivity index (χ0n) is 18.7. The van der Waals surface area contributed by atoms with Gasteiger partial charge in [0.1, 0.15) is 29.1 Å². The fourth-order valence-corrected chi connectivity index (χ4v) is 3.85. The number of carbonyl (C=O) groups is 2. The summed E-state index contributed by atoms with van der Waals surface area (Å²) in [4.78, 5) is 31.6. The Morgan fingerprint density at radius 2 is 1.94 bits per heavy atom. The maximum Gasteiger partial charge on any atom is 0.296 e. The number of carbonyl (C=O) groups excluding carboxylic acids is 2. The van der Waals surface area contributed by atoms with Crippen LogP contribution in [0.5, 0.6) is 5.75 Å². The van der Waals surface area contributed by atoms with Crippen molar-refractivity contribution >= 4 is 17.4 Å². The molecule has 1 N–H and O–H groups in total. The van der Waals surface area contributed by atoms with Crippen LogP contribution < -0.4 is 4.74 Å². The molecule has 1 aliphatic heterocycles. The number of likely N-dealkylation sites (tertiary alicyclic amines) is 1.